The molecule has 3 N–H and O–H groups in total. The lowest BCUT2D eigenvalue weighted by Gasteiger charge is -2.12. The Kier molecular flexibility index (Phi) is 6.92. The van der Waals surface area contributed by atoms with Crippen molar-refractivity contribution in [2.45, 2.75) is 32.5 Å². The molecule has 0 fully saturated rings. The van der Waals surface area contributed by atoms with Crippen LogP contribution < -0.4 is 10.6 Å². The molecule has 0 heterocycles. The lowest BCUT2D eigenvalue weighted by Crippen LogP contribution is -2.31. The first-order chi connectivity index (χ1) is 9.17. The number of benzene rings is 1. The van der Waals surface area contributed by atoms with Crippen molar-refractivity contribution in [3.8, 4) is 0 Å². The topological polar surface area (TPSA) is 70.6 Å². The molecule has 0 bridgehead atoms. The van der Waals surface area contributed by atoms with Crippen LogP contribution in [0.5, 0.6) is 0 Å². The molecule has 2 amide bonds. The molecule has 0 aromatic heterocycles. The Morgan fingerprint density at radius 3 is 2.84 bits per heavy atom. The van der Waals surface area contributed by atoms with Gasteiger partial charge in [0.25, 0.3) is 0 Å². The number of aliphatic hydroxyl groups excluding tert-OH is 1. The second-order valence-corrected chi connectivity index (χ2v) is 4.32. The lowest BCUT2D eigenvalue weighted by molar-refractivity contribution is 0.160. The van der Waals surface area contributed by atoms with E-state index < -0.39 is 0 Å². The first kappa shape index (κ1) is 15.5. The summed E-state index contributed by atoms with van der Waals surface area (Å²) in [5, 5.41) is 14.9. The van der Waals surface area contributed by atoms with E-state index in [1.807, 2.05) is 31.2 Å². The van der Waals surface area contributed by atoms with E-state index in [4.69, 9.17) is 4.74 Å². The van der Waals surface area contributed by atoms with Gasteiger partial charge >= 0.3 is 6.03 Å². The van der Waals surface area contributed by atoms with Gasteiger partial charge in [0.1, 0.15) is 0 Å². The standard InChI is InChI=1S/C14H22N2O3/c1-3-12(17)8-9-15-14(18)16-13-7-5-4-6-11(13)10-19-2/h4-7,12,17H,3,8-10H2,1-2H3,(H2,15,16,18). The fourth-order valence-corrected chi connectivity index (χ4v) is 1.65. The Balaban J connectivity index is 2.43. The molecule has 1 unspecified atom stereocenters. The van der Waals surface area contributed by atoms with Gasteiger partial charge < -0.3 is 20.5 Å². The van der Waals surface area contributed by atoms with E-state index in [1.165, 1.54) is 0 Å². The fourth-order valence-electron chi connectivity index (χ4n) is 1.65. The number of ether oxygens (including phenoxy) is 1. The van der Waals surface area contributed by atoms with Crippen molar-refractivity contribution >= 4 is 11.7 Å². The molecule has 0 saturated carbocycles. The summed E-state index contributed by atoms with van der Waals surface area (Å²) in [7, 11) is 1.61. The summed E-state index contributed by atoms with van der Waals surface area (Å²) >= 11 is 0. The monoisotopic (exact) mass is 266 g/mol. The Morgan fingerprint density at radius 2 is 2.16 bits per heavy atom. The van der Waals surface area contributed by atoms with Crippen LogP contribution in [0.25, 0.3) is 0 Å². The number of methoxy groups -OCH3 is 1. The number of nitrogens with one attached hydrogen (secondary N) is 2. The number of para-hydroxylation sites is 1. The maximum Gasteiger partial charge on any atom is 0.319 e. The predicted octanol–water partition coefficient (Wildman–Crippen LogP) is 2.12. The number of hydrogen-bond acceptors (Lipinski definition) is 3. The zero-order chi connectivity index (χ0) is 14.1. The van der Waals surface area contributed by atoms with Crippen molar-refractivity contribution in [3.05, 3.63) is 29.8 Å². The molecule has 5 nitrogen and oxygen atoms in total. The Bertz CT molecular complexity index is 396. The van der Waals surface area contributed by atoms with Crippen LogP contribution >= 0.6 is 0 Å². The van der Waals surface area contributed by atoms with Crippen LogP contribution in [0, 0.1) is 0 Å². The molecule has 0 aliphatic heterocycles. The van der Waals surface area contributed by atoms with Gasteiger partial charge in [0, 0.05) is 24.9 Å². The second-order valence-electron chi connectivity index (χ2n) is 4.32. The van der Waals surface area contributed by atoms with E-state index in [-0.39, 0.29) is 12.1 Å². The van der Waals surface area contributed by atoms with Crippen molar-refractivity contribution in [1.82, 2.24) is 5.32 Å². The first-order valence-corrected chi connectivity index (χ1v) is 6.47. The van der Waals surface area contributed by atoms with Gasteiger partial charge in [0.15, 0.2) is 0 Å². The van der Waals surface area contributed by atoms with Crippen molar-refractivity contribution < 1.29 is 14.6 Å². The number of hydrogen-bond donors (Lipinski definition) is 3. The summed E-state index contributed by atoms with van der Waals surface area (Å²) in [5.74, 6) is 0. The smallest absolute Gasteiger partial charge is 0.319 e. The van der Waals surface area contributed by atoms with Gasteiger partial charge in [-0.2, -0.15) is 0 Å². The zero-order valence-electron chi connectivity index (χ0n) is 11.5. The number of carbonyl (C=O) groups is 1. The van der Waals surface area contributed by atoms with Gasteiger partial charge in [-0.1, -0.05) is 25.1 Å². The maximum atomic E-state index is 11.7. The number of urea groups is 1. The van der Waals surface area contributed by atoms with Crippen LogP contribution in [0.3, 0.4) is 0 Å². The highest BCUT2D eigenvalue weighted by Gasteiger charge is 2.06. The SMILES string of the molecule is CCC(O)CCNC(=O)Nc1ccccc1COC. The number of aliphatic hydroxyl groups is 1. The summed E-state index contributed by atoms with van der Waals surface area (Å²) in [5.41, 5.74) is 1.66. The van der Waals surface area contributed by atoms with Crippen molar-refractivity contribution in [2.75, 3.05) is 19.0 Å². The summed E-state index contributed by atoms with van der Waals surface area (Å²) in [4.78, 5) is 11.7. The van der Waals surface area contributed by atoms with Crippen LogP contribution in [0.4, 0.5) is 10.5 Å². The van der Waals surface area contributed by atoms with Crippen LogP contribution in [0.1, 0.15) is 25.3 Å². The van der Waals surface area contributed by atoms with Crippen LogP contribution in [0.2, 0.25) is 0 Å². The molecule has 0 spiro atoms. The highest BCUT2D eigenvalue weighted by atomic mass is 16.5. The van der Waals surface area contributed by atoms with E-state index in [0.717, 1.165) is 11.3 Å². The van der Waals surface area contributed by atoms with E-state index >= 15 is 0 Å². The van der Waals surface area contributed by atoms with E-state index in [2.05, 4.69) is 10.6 Å². The van der Waals surface area contributed by atoms with Gasteiger partial charge in [-0.3, -0.25) is 0 Å². The van der Waals surface area contributed by atoms with Crippen molar-refractivity contribution in [1.29, 1.82) is 0 Å². The third-order valence-corrected chi connectivity index (χ3v) is 2.80. The molecule has 1 atom stereocenters. The molecule has 5 heteroatoms. The predicted molar refractivity (Wildman–Crippen MR) is 75.1 cm³/mol. The average Bonchev–Trinajstić information content (AvgIpc) is 2.41. The third kappa shape index (κ3) is 5.72. The summed E-state index contributed by atoms with van der Waals surface area (Å²) in [6, 6.07) is 7.21. The van der Waals surface area contributed by atoms with E-state index in [1.54, 1.807) is 7.11 Å². The molecule has 0 aliphatic rings. The molecular formula is C14H22N2O3. The molecule has 19 heavy (non-hydrogen) atoms. The minimum absolute atomic E-state index is 0.271. The van der Waals surface area contributed by atoms with Gasteiger partial charge in [0.05, 0.1) is 12.7 Å². The van der Waals surface area contributed by atoms with Crippen LogP contribution in [-0.2, 0) is 11.3 Å². The normalized spacial score (nSPS) is 11.9. The van der Waals surface area contributed by atoms with Crippen LogP contribution in [-0.4, -0.2) is 30.9 Å². The fraction of sp³-hybridized carbons (Fsp3) is 0.500. The average molecular weight is 266 g/mol. The molecule has 106 valence electrons. The summed E-state index contributed by atoms with van der Waals surface area (Å²) in [6.45, 7) is 2.81. The summed E-state index contributed by atoms with van der Waals surface area (Å²) in [6.07, 6.45) is 0.893. The molecule has 1 rings (SSSR count). The highest BCUT2D eigenvalue weighted by molar-refractivity contribution is 5.90. The van der Waals surface area contributed by atoms with Gasteiger partial charge in [-0.05, 0) is 18.9 Å². The first-order valence-electron chi connectivity index (χ1n) is 6.47. The van der Waals surface area contributed by atoms with Gasteiger partial charge in [-0.25, -0.2) is 4.79 Å². The largest absolute Gasteiger partial charge is 0.393 e. The zero-order valence-corrected chi connectivity index (χ0v) is 11.5. The van der Waals surface area contributed by atoms with Crippen LogP contribution in [0.15, 0.2) is 24.3 Å². The lowest BCUT2D eigenvalue weighted by atomic mass is 10.2. The quantitative estimate of drug-likeness (QED) is 0.708. The molecular weight excluding hydrogens is 244 g/mol. The highest BCUT2D eigenvalue weighted by Crippen LogP contribution is 2.15. The number of amides is 2. The Hall–Kier alpha value is -1.59. The molecule has 1 aromatic rings. The minimum atomic E-state index is -0.360. The number of carbonyl (C=O) groups excluding carboxylic acids is 1. The van der Waals surface area contributed by atoms with Gasteiger partial charge in [0.2, 0.25) is 0 Å². The van der Waals surface area contributed by atoms with Gasteiger partial charge in [-0.15, -0.1) is 0 Å². The molecule has 1 aromatic carbocycles. The summed E-state index contributed by atoms with van der Waals surface area (Å²) < 4.78 is 5.07. The number of anilines is 1. The van der Waals surface area contributed by atoms with E-state index in [0.29, 0.717) is 26.0 Å². The minimum Gasteiger partial charge on any atom is -0.393 e. The van der Waals surface area contributed by atoms with Crippen molar-refractivity contribution in [3.63, 3.8) is 0 Å². The number of rotatable bonds is 7. The molecule has 0 aliphatic carbocycles. The van der Waals surface area contributed by atoms with E-state index in [9.17, 15) is 9.90 Å². The maximum absolute atomic E-state index is 11.7. The second kappa shape index (κ2) is 8.50. The Morgan fingerprint density at radius 1 is 1.42 bits per heavy atom. The molecule has 0 radical (unpaired) electrons. The third-order valence-electron chi connectivity index (χ3n) is 2.80. The van der Waals surface area contributed by atoms with Crippen molar-refractivity contribution in [2.24, 2.45) is 0 Å². The molecule has 0 saturated heterocycles. The Labute approximate surface area is 114 Å².